The molecule has 88 valence electrons. The Bertz CT molecular complexity index is 379. The minimum Gasteiger partial charge on any atom is -0.469 e. The quantitative estimate of drug-likeness (QED) is 0.799. The zero-order chi connectivity index (χ0) is 12.1. The number of methoxy groups -OCH3 is 1. The van der Waals surface area contributed by atoms with Gasteiger partial charge >= 0.3 is 5.97 Å². The fourth-order valence-corrected chi connectivity index (χ4v) is 1.37. The highest BCUT2D eigenvalue weighted by Crippen LogP contribution is 2.16. The SMILES string of the molecule is COC(=O)C(C)CNc1ccc(F)cc1C. The fraction of sp³-hybridized carbons (Fsp3) is 0.417. The monoisotopic (exact) mass is 225 g/mol. The maximum absolute atomic E-state index is 12.8. The first-order chi connectivity index (χ1) is 7.54. The minimum atomic E-state index is -0.260. The van der Waals surface area contributed by atoms with E-state index in [0.717, 1.165) is 11.3 Å². The van der Waals surface area contributed by atoms with Crippen molar-refractivity contribution in [3.05, 3.63) is 29.6 Å². The molecule has 3 nitrogen and oxygen atoms in total. The molecule has 0 aromatic heterocycles. The van der Waals surface area contributed by atoms with Gasteiger partial charge in [-0.05, 0) is 30.7 Å². The number of rotatable bonds is 4. The number of hydrogen-bond acceptors (Lipinski definition) is 3. The molecule has 0 fully saturated rings. The third-order valence-corrected chi connectivity index (χ3v) is 2.39. The molecule has 0 bridgehead atoms. The maximum Gasteiger partial charge on any atom is 0.310 e. The molecule has 4 heteroatoms. The summed E-state index contributed by atoms with van der Waals surface area (Å²) in [6, 6.07) is 4.50. The van der Waals surface area contributed by atoms with Crippen LogP contribution in [-0.2, 0) is 9.53 Å². The van der Waals surface area contributed by atoms with Crippen LogP contribution in [0.5, 0.6) is 0 Å². The molecule has 1 N–H and O–H groups in total. The van der Waals surface area contributed by atoms with Crippen molar-refractivity contribution in [1.29, 1.82) is 0 Å². The van der Waals surface area contributed by atoms with E-state index in [1.807, 2.05) is 6.92 Å². The second kappa shape index (κ2) is 5.49. The summed E-state index contributed by atoms with van der Waals surface area (Å²) < 4.78 is 17.4. The van der Waals surface area contributed by atoms with Crippen molar-refractivity contribution in [2.45, 2.75) is 13.8 Å². The van der Waals surface area contributed by atoms with E-state index in [0.29, 0.717) is 6.54 Å². The lowest BCUT2D eigenvalue weighted by Gasteiger charge is -2.13. The van der Waals surface area contributed by atoms with Gasteiger partial charge in [-0.25, -0.2) is 4.39 Å². The predicted molar refractivity (Wildman–Crippen MR) is 60.8 cm³/mol. The first-order valence-corrected chi connectivity index (χ1v) is 5.12. The standard InChI is InChI=1S/C12H16FNO2/c1-8-6-10(13)4-5-11(8)14-7-9(2)12(15)16-3/h4-6,9,14H,7H2,1-3H3. The van der Waals surface area contributed by atoms with Crippen LogP contribution in [0.25, 0.3) is 0 Å². The van der Waals surface area contributed by atoms with Crippen molar-refractivity contribution in [1.82, 2.24) is 0 Å². The number of anilines is 1. The van der Waals surface area contributed by atoms with Crippen molar-refractivity contribution in [3.63, 3.8) is 0 Å². The van der Waals surface area contributed by atoms with Crippen molar-refractivity contribution in [2.24, 2.45) is 5.92 Å². The van der Waals surface area contributed by atoms with Crippen LogP contribution in [0.3, 0.4) is 0 Å². The highest BCUT2D eigenvalue weighted by molar-refractivity contribution is 5.72. The van der Waals surface area contributed by atoms with Gasteiger partial charge in [0.1, 0.15) is 5.82 Å². The summed E-state index contributed by atoms with van der Waals surface area (Å²) in [5.74, 6) is -0.745. The number of benzene rings is 1. The van der Waals surface area contributed by atoms with Crippen LogP contribution in [0.4, 0.5) is 10.1 Å². The highest BCUT2D eigenvalue weighted by atomic mass is 19.1. The number of hydrogen-bond donors (Lipinski definition) is 1. The molecular formula is C12H16FNO2. The Hall–Kier alpha value is -1.58. The van der Waals surface area contributed by atoms with E-state index in [-0.39, 0.29) is 17.7 Å². The Kier molecular flexibility index (Phi) is 4.28. The second-order valence-corrected chi connectivity index (χ2v) is 3.76. The molecule has 1 aromatic rings. The first kappa shape index (κ1) is 12.5. The van der Waals surface area contributed by atoms with E-state index >= 15 is 0 Å². The van der Waals surface area contributed by atoms with E-state index in [1.165, 1.54) is 19.2 Å². The van der Waals surface area contributed by atoms with Crippen LogP contribution in [0.1, 0.15) is 12.5 Å². The van der Waals surface area contributed by atoms with Gasteiger partial charge in [-0.3, -0.25) is 4.79 Å². The number of aryl methyl sites for hydroxylation is 1. The van der Waals surface area contributed by atoms with Crippen molar-refractivity contribution in [2.75, 3.05) is 19.0 Å². The summed E-state index contributed by atoms with van der Waals surface area (Å²) in [6.45, 7) is 4.06. The molecule has 1 atom stereocenters. The third kappa shape index (κ3) is 3.22. The molecule has 1 rings (SSSR count). The first-order valence-electron chi connectivity index (χ1n) is 5.12. The molecule has 1 unspecified atom stereocenters. The van der Waals surface area contributed by atoms with Gasteiger partial charge < -0.3 is 10.1 Å². The largest absolute Gasteiger partial charge is 0.469 e. The smallest absolute Gasteiger partial charge is 0.310 e. The van der Waals surface area contributed by atoms with E-state index in [1.54, 1.807) is 13.0 Å². The van der Waals surface area contributed by atoms with Gasteiger partial charge in [-0.1, -0.05) is 6.92 Å². The van der Waals surface area contributed by atoms with E-state index in [9.17, 15) is 9.18 Å². The summed E-state index contributed by atoms with van der Waals surface area (Å²) in [5.41, 5.74) is 1.65. The maximum atomic E-state index is 12.8. The van der Waals surface area contributed by atoms with Crippen molar-refractivity contribution in [3.8, 4) is 0 Å². The van der Waals surface area contributed by atoms with Gasteiger partial charge in [0, 0.05) is 12.2 Å². The molecular weight excluding hydrogens is 209 g/mol. The molecule has 0 heterocycles. The minimum absolute atomic E-state index is 0.227. The fourth-order valence-electron chi connectivity index (χ4n) is 1.37. The summed E-state index contributed by atoms with van der Waals surface area (Å²) >= 11 is 0. The molecule has 0 aliphatic carbocycles. The zero-order valence-electron chi connectivity index (χ0n) is 9.71. The van der Waals surface area contributed by atoms with Gasteiger partial charge in [0.25, 0.3) is 0 Å². The van der Waals surface area contributed by atoms with E-state index < -0.39 is 0 Å². The average Bonchev–Trinajstić information content (AvgIpc) is 2.26. The van der Waals surface area contributed by atoms with Gasteiger partial charge in [0.15, 0.2) is 0 Å². The van der Waals surface area contributed by atoms with Crippen molar-refractivity contribution < 1.29 is 13.9 Å². The summed E-state index contributed by atoms with van der Waals surface area (Å²) in [5, 5.41) is 3.09. The Balaban J connectivity index is 2.58. The number of carbonyl (C=O) groups is 1. The van der Waals surface area contributed by atoms with Crippen LogP contribution < -0.4 is 5.32 Å². The summed E-state index contributed by atoms with van der Waals surface area (Å²) in [7, 11) is 1.36. The molecule has 0 aliphatic rings. The Morgan fingerprint density at radius 1 is 1.56 bits per heavy atom. The number of halogens is 1. The topological polar surface area (TPSA) is 38.3 Å². The molecule has 0 amide bonds. The molecule has 16 heavy (non-hydrogen) atoms. The lowest BCUT2D eigenvalue weighted by atomic mass is 10.1. The lowest BCUT2D eigenvalue weighted by molar-refractivity contribution is -0.144. The lowest BCUT2D eigenvalue weighted by Crippen LogP contribution is -2.21. The Morgan fingerprint density at radius 3 is 2.81 bits per heavy atom. The highest BCUT2D eigenvalue weighted by Gasteiger charge is 2.12. The predicted octanol–water partition coefficient (Wildman–Crippen LogP) is 2.36. The number of nitrogens with one attached hydrogen (secondary N) is 1. The number of carbonyl (C=O) groups excluding carboxylic acids is 1. The van der Waals surface area contributed by atoms with Gasteiger partial charge in [0.05, 0.1) is 13.0 Å². The molecule has 0 radical (unpaired) electrons. The molecule has 0 saturated carbocycles. The molecule has 0 aliphatic heterocycles. The molecule has 1 aromatic carbocycles. The second-order valence-electron chi connectivity index (χ2n) is 3.76. The molecule has 0 spiro atoms. The van der Waals surface area contributed by atoms with E-state index in [2.05, 4.69) is 10.1 Å². The van der Waals surface area contributed by atoms with Gasteiger partial charge in [-0.15, -0.1) is 0 Å². The average molecular weight is 225 g/mol. The van der Waals surface area contributed by atoms with Crippen LogP contribution >= 0.6 is 0 Å². The number of esters is 1. The van der Waals surface area contributed by atoms with Crippen LogP contribution in [-0.4, -0.2) is 19.6 Å². The van der Waals surface area contributed by atoms with Crippen LogP contribution in [0, 0.1) is 18.7 Å². The normalized spacial score (nSPS) is 12.0. The van der Waals surface area contributed by atoms with Gasteiger partial charge in [0.2, 0.25) is 0 Å². The van der Waals surface area contributed by atoms with Gasteiger partial charge in [-0.2, -0.15) is 0 Å². The zero-order valence-corrected chi connectivity index (χ0v) is 9.71. The number of ether oxygens (including phenoxy) is 1. The van der Waals surface area contributed by atoms with E-state index in [4.69, 9.17) is 0 Å². The summed E-state index contributed by atoms with van der Waals surface area (Å²) in [4.78, 5) is 11.1. The molecule has 0 saturated heterocycles. The van der Waals surface area contributed by atoms with Crippen molar-refractivity contribution >= 4 is 11.7 Å². The third-order valence-electron chi connectivity index (χ3n) is 2.39. The van der Waals surface area contributed by atoms with Crippen LogP contribution in [0.2, 0.25) is 0 Å². The summed E-state index contributed by atoms with van der Waals surface area (Å²) in [6.07, 6.45) is 0. The Labute approximate surface area is 94.6 Å². The Morgan fingerprint density at radius 2 is 2.25 bits per heavy atom. The van der Waals surface area contributed by atoms with Crippen LogP contribution in [0.15, 0.2) is 18.2 Å².